The van der Waals surface area contributed by atoms with E-state index in [1.54, 1.807) is 30.5 Å². The Morgan fingerprint density at radius 2 is 1.82 bits per heavy atom. The SMILES string of the molecule is CC(C)c1ccccc1[C@H]1COCCN1C1CC2(CCN(c3ccc(C(=O)NS(=O)(=O)c4cnc(SCC5CCC(C)(O)CC5)c([N+](=O)[O-])c4)c(Oc4cnc5[nH]ccc5c4)c3)CC2)C1. The molecule has 2 aromatic carbocycles. The Morgan fingerprint density at radius 3 is 2.57 bits per heavy atom. The van der Waals surface area contributed by atoms with Crippen LogP contribution in [0.4, 0.5) is 11.4 Å². The Kier molecular flexibility index (Phi) is 12.7. The number of thioether (sulfide) groups is 1. The summed E-state index contributed by atoms with van der Waals surface area (Å²) in [5, 5.41) is 23.3. The third-order valence-corrected chi connectivity index (χ3v) is 16.7. The van der Waals surface area contributed by atoms with E-state index in [1.165, 1.54) is 29.1 Å². The highest BCUT2D eigenvalue weighted by molar-refractivity contribution is 7.99. The van der Waals surface area contributed by atoms with Crippen molar-refractivity contribution < 1.29 is 32.7 Å². The van der Waals surface area contributed by atoms with Gasteiger partial charge in [-0.05, 0) is 111 Å². The van der Waals surface area contributed by atoms with Crippen molar-refractivity contribution in [2.45, 2.75) is 106 Å². The van der Waals surface area contributed by atoms with Gasteiger partial charge in [0.1, 0.15) is 22.0 Å². The number of amides is 1. The predicted octanol–water partition coefficient (Wildman–Crippen LogP) is 8.76. The van der Waals surface area contributed by atoms with E-state index in [9.17, 15) is 28.4 Å². The van der Waals surface area contributed by atoms with Crippen LogP contribution in [0.3, 0.4) is 0 Å². The molecule has 2 saturated carbocycles. The quantitative estimate of drug-likeness (QED) is 0.0577. The lowest BCUT2D eigenvalue weighted by Gasteiger charge is -2.57. The Bertz CT molecular complexity index is 2660. The third-order valence-electron chi connectivity index (χ3n) is 14.1. The van der Waals surface area contributed by atoms with E-state index in [-0.39, 0.29) is 33.7 Å². The zero-order valence-electron chi connectivity index (χ0n) is 37.1. The molecule has 4 fully saturated rings. The standard InChI is InChI=1S/C48H57N7O8S2/c1-31(2)38-6-4-5-7-39(38)42-29-62-21-20-54(42)35-25-48(26-35)15-18-53(19-16-48)34-8-9-40(43(23-34)63-36-22-33-12-17-49-44(33)50-27-36)45(56)52-65(60,61)37-24-41(55(58)59)46(51-28-37)64-30-32-10-13-47(3,57)14-11-32/h4-9,12,17,22-24,27-28,31-32,35,42,57H,10-11,13-16,18-21,25-26,29-30H2,1-3H3,(H,49,50)(H,52,56)/t32?,42-,47?/m1/s1. The minimum absolute atomic E-state index is 0.0398. The van der Waals surface area contributed by atoms with Gasteiger partial charge in [0.2, 0.25) is 0 Å². The number of benzene rings is 2. The number of nitrogens with zero attached hydrogens (tertiary/aromatic N) is 5. The van der Waals surface area contributed by atoms with Gasteiger partial charge in [0.25, 0.3) is 15.9 Å². The van der Waals surface area contributed by atoms with Gasteiger partial charge in [0.05, 0.1) is 41.5 Å². The average molecular weight is 924 g/mol. The molecule has 5 aromatic rings. The molecule has 0 radical (unpaired) electrons. The second-order valence-electron chi connectivity index (χ2n) is 19.0. The van der Waals surface area contributed by atoms with E-state index >= 15 is 0 Å². The number of ether oxygens (including phenoxy) is 2. The average Bonchev–Trinajstić information content (AvgIpc) is 3.76. The Hall–Kier alpha value is -5.07. The number of nitro groups is 1. The first-order valence-electron chi connectivity index (χ1n) is 22.6. The van der Waals surface area contributed by atoms with Gasteiger partial charge >= 0.3 is 5.69 Å². The van der Waals surface area contributed by atoms with Crippen LogP contribution in [0.15, 0.2) is 89.2 Å². The van der Waals surface area contributed by atoms with Gasteiger partial charge < -0.3 is 24.5 Å². The van der Waals surface area contributed by atoms with Crippen molar-refractivity contribution >= 4 is 50.1 Å². The summed E-state index contributed by atoms with van der Waals surface area (Å²) in [4.78, 5) is 41.6. The molecule has 344 valence electrons. The van der Waals surface area contributed by atoms with Gasteiger partial charge in [0, 0.05) is 67.0 Å². The zero-order chi connectivity index (χ0) is 45.5. The fraction of sp³-hybridized carbons (Fsp3) is 0.479. The van der Waals surface area contributed by atoms with Crippen LogP contribution < -0.4 is 14.4 Å². The molecule has 3 aromatic heterocycles. The first kappa shape index (κ1) is 45.1. The highest BCUT2D eigenvalue weighted by Crippen LogP contribution is 2.53. The molecule has 65 heavy (non-hydrogen) atoms. The smallest absolute Gasteiger partial charge is 0.302 e. The van der Waals surface area contributed by atoms with Crippen molar-refractivity contribution in [2.24, 2.45) is 11.3 Å². The van der Waals surface area contributed by atoms with E-state index < -0.39 is 37.0 Å². The molecule has 1 amide bonds. The summed E-state index contributed by atoms with van der Waals surface area (Å²) in [7, 11) is -4.61. The molecular formula is C48H57N7O8S2. The van der Waals surface area contributed by atoms with Crippen molar-refractivity contribution in [1.29, 1.82) is 0 Å². The highest BCUT2D eigenvalue weighted by atomic mass is 32.2. The van der Waals surface area contributed by atoms with Crippen molar-refractivity contribution in [1.82, 2.24) is 24.6 Å². The molecule has 17 heteroatoms. The summed E-state index contributed by atoms with van der Waals surface area (Å²) in [6, 6.07) is 19.2. The monoisotopic (exact) mass is 923 g/mol. The lowest BCUT2D eigenvalue weighted by atomic mass is 9.59. The van der Waals surface area contributed by atoms with Crippen LogP contribution in [0.1, 0.15) is 106 Å². The highest BCUT2D eigenvalue weighted by Gasteiger charge is 2.50. The number of piperidine rings is 1. The number of H-pyrrole nitrogens is 1. The summed E-state index contributed by atoms with van der Waals surface area (Å²) in [6.45, 7) is 10.3. The number of carbonyl (C=O) groups is 1. The molecule has 2 aliphatic heterocycles. The van der Waals surface area contributed by atoms with Crippen LogP contribution in [-0.2, 0) is 14.8 Å². The largest absolute Gasteiger partial charge is 0.455 e. The number of anilines is 1. The van der Waals surface area contributed by atoms with Crippen LogP contribution in [-0.4, -0.2) is 94.5 Å². The van der Waals surface area contributed by atoms with E-state index in [1.807, 2.05) is 13.0 Å². The maximum absolute atomic E-state index is 14.0. The van der Waals surface area contributed by atoms with Gasteiger partial charge in [-0.2, -0.15) is 0 Å². The maximum Gasteiger partial charge on any atom is 0.302 e. The Morgan fingerprint density at radius 1 is 1.05 bits per heavy atom. The number of fused-ring (bicyclic) bond motifs is 1. The van der Waals surface area contributed by atoms with Gasteiger partial charge in [-0.25, -0.2) is 23.1 Å². The molecule has 1 spiro atoms. The Balaban J connectivity index is 0.898. The molecule has 15 nitrogen and oxygen atoms in total. The fourth-order valence-corrected chi connectivity index (χ4v) is 12.3. The molecule has 0 bridgehead atoms. The van der Waals surface area contributed by atoms with Gasteiger partial charge in [-0.1, -0.05) is 49.9 Å². The van der Waals surface area contributed by atoms with E-state index in [0.717, 1.165) is 88.1 Å². The number of hydrogen-bond donors (Lipinski definition) is 3. The lowest BCUT2D eigenvalue weighted by molar-refractivity contribution is -0.388. The molecule has 9 rings (SSSR count). The predicted molar refractivity (Wildman–Crippen MR) is 249 cm³/mol. The van der Waals surface area contributed by atoms with Crippen LogP contribution in [0.2, 0.25) is 0 Å². The molecule has 3 N–H and O–H groups in total. The fourth-order valence-electron chi connectivity index (χ4n) is 10.3. The first-order valence-corrected chi connectivity index (χ1v) is 25.1. The summed E-state index contributed by atoms with van der Waals surface area (Å²) < 4.78 is 41.9. The summed E-state index contributed by atoms with van der Waals surface area (Å²) in [5.74, 6) is 0.739. The maximum atomic E-state index is 14.0. The van der Waals surface area contributed by atoms with Crippen LogP contribution in [0.25, 0.3) is 11.0 Å². The number of hydrogen-bond acceptors (Lipinski definition) is 13. The van der Waals surface area contributed by atoms with E-state index in [4.69, 9.17) is 9.47 Å². The number of rotatable bonds is 13. The normalized spacial score (nSPS) is 22.8. The molecule has 0 unspecified atom stereocenters. The van der Waals surface area contributed by atoms with Gasteiger partial charge in [-0.3, -0.25) is 19.8 Å². The molecule has 5 heterocycles. The second kappa shape index (κ2) is 18.3. The van der Waals surface area contributed by atoms with Crippen molar-refractivity contribution in [3.63, 3.8) is 0 Å². The number of aliphatic hydroxyl groups is 1. The number of pyridine rings is 2. The van der Waals surface area contributed by atoms with E-state index in [2.05, 4.69) is 67.6 Å². The first-order chi connectivity index (χ1) is 31.2. The van der Waals surface area contributed by atoms with Crippen LogP contribution >= 0.6 is 11.8 Å². The van der Waals surface area contributed by atoms with Crippen molar-refractivity contribution in [3.05, 3.63) is 106 Å². The zero-order valence-corrected chi connectivity index (χ0v) is 38.7. The van der Waals surface area contributed by atoms with Crippen molar-refractivity contribution in [2.75, 3.05) is 43.5 Å². The molecule has 1 atom stereocenters. The summed E-state index contributed by atoms with van der Waals surface area (Å²) in [6.07, 6.45) is 11.5. The van der Waals surface area contributed by atoms with Gasteiger partial charge in [0.15, 0.2) is 5.03 Å². The number of nitrogens with one attached hydrogen (secondary N) is 2. The summed E-state index contributed by atoms with van der Waals surface area (Å²) in [5.41, 5.74) is 3.31. The number of morpholine rings is 1. The molecular weight excluding hydrogens is 867 g/mol. The van der Waals surface area contributed by atoms with Crippen LogP contribution in [0, 0.1) is 21.4 Å². The molecule has 2 aliphatic carbocycles. The third kappa shape index (κ3) is 9.75. The second-order valence-corrected chi connectivity index (χ2v) is 21.7. The minimum Gasteiger partial charge on any atom is -0.455 e. The summed E-state index contributed by atoms with van der Waals surface area (Å²) >= 11 is 1.19. The number of carbonyl (C=O) groups excluding carboxylic acids is 1. The molecule has 4 aliphatic rings. The Labute approximate surface area is 383 Å². The number of aromatic amines is 1. The minimum atomic E-state index is -4.61. The number of aromatic nitrogens is 3. The molecule has 2 saturated heterocycles. The topological polar surface area (TPSA) is 193 Å². The van der Waals surface area contributed by atoms with Crippen molar-refractivity contribution in [3.8, 4) is 11.5 Å². The van der Waals surface area contributed by atoms with Gasteiger partial charge in [-0.15, -0.1) is 0 Å². The lowest BCUT2D eigenvalue weighted by Crippen LogP contribution is -2.58. The van der Waals surface area contributed by atoms with E-state index in [0.29, 0.717) is 48.6 Å². The number of sulfonamides is 1. The van der Waals surface area contributed by atoms with Crippen LogP contribution in [0.5, 0.6) is 11.5 Å².